The van der Waals surface area contributed by atoms with E-state index in [4.69, 9.17) is 9.47 Å². The summed E-state index contributed by atoms with van der Waals surface area (Å²) in [5, 5.41) is 2.88. The number of ether oxygens (including phenoxy) is 2. The molecule has 1 N–H and O–H groups in total. The summed E-state index contributed by atoms with van der Waals surface area (Å²) in [6, 6.07) is 7.42. The summed E-state index contributed by atoms with van der Waals surface area (Å²) in [7, 11) is 1.81. The van der Waals surface area contributed by atoms with Crippen LogP contribution in [0.3, 0.4) is 0 Å². The van der Waals surface area contributed by atoms with Crippen molar-refractivity contribution in [2.75, 3.05) is 13.8 Å². The quantitative estimate of drug-likeness (QED) is 0.586. The minimum absolute atomic E-state index is 0.273. The number of nitrogens with one attached hydrogen (secondary N) is 1. The second kappa shape index (κ2) is 6.03. The molecule has 1 aromatic carbocycles. The fourth-order valence-electron chi connectivity index (χ4n) is 1.02. The molecule has 1 rings (SSSR count). The third-order valence-corrected chi connectivity index (χ3v) is 1.75. The summed E-state index contributed by atoms with van der Waals surface area (Å²) < 4.78 is 10.2. The number of carbonyl (C=O) groups is 1. The van der Waals surface area contributed by atoms with E-state index in [9.17, 15) is 4.79 Å². The van der Waals surface area contributed by atoms with E-state index in [0.29, 0.717) is 13.3 Å². The summed E-state index contributed by atoms with van der Waals surface area (Å²) in [6.45, 7) is 2.18. The van der Waals surface area contributed by atoms with E-state index < -0.39 is 0 Å². The predicted molar refractivity (Wildman–Crippen MR) is 56.5 cm³/mol. The van der Waals surface area contributed by atoms with Crippen LogP contribution in [0.2, 0.25) is 0 Å². The fraction of sp³-hybridized carbons (Fsp3) is 0.364. The first-order valence-electron chi connectivity index (χ1n) is 4.72. The van der Waals surface area contributed by atoms with E-state index >= 15 is 0 Å². The van der Waals surface area contributed by atoms with Crippen molar-refractivity contribution in [3.05, 3.63) is 29.8 Å². The molecule has 0 atom stereocenters. The van der Waals surface area contributed by atoms with Gasteiger partial charge in [-0.25, -0.2) is 0 Å². The van der Waals surface area contributed by atoms with Gasteiger partial charge in [-0.05, 0) is 24.7 Å². The van der Waals surface area contributed by atoms with Gasteiger partial charge in [0.25, 0.3) is 0 Å². The molecule has 4 heteroatoms. The highest BCUT2D eigenvalue weighted by molar-refractivity contribution is 5.65. The Morgan fingerprint density at radius 1 is 1.33 bits per heavy atom. The molecule has 0 aliphatic heterocycles. The first kappa shape index (κ1) is 11.5. The van der Waals surface area contributed by atoms with Crippen LogP contribution < -0.4 is 10.1 Å². The Morgan fingerprint density at radius 3 is 2.53 bits per heavy atom. The van der Waals surface area contributed by atoms with Gasteiger partial charge in [0.2, 0.25) is 0 Å². The first-order valence-corrected chi connectivity index (χ1v) is 4.72. The first-order chi connectivity index (χ1) is 7.22. The molecule has 0 heterocycles. The van der Waals surface area contributed by atoms with Crippen molar-refractivity contribution in [1.29, 1.82) is 0 Å². The maximum Gasteiger partial charge on any atom is 0.302 e. The Kier molecular flexibility index (Phi) is 4.63. The number of benzene rings is 1. The summed E-state index contributed by atoms with van der Waals surface area (Å²) in [5.74, 6) is 0.515. The van der Waals surface area contributed by atoms with Crippen molar-refractivity contribution in [2.45, 2.75) is 13.5 Å². The van der Waals surface area contributed by atoms with Crippen LogP contribution >= 0.6 is 0 Å². The molecule has 4 nitrogen and oxygen atoms in total. The predicted octanol–water partition coefficient (Wildman–Crippen LogP) is 1.31. The van der Waals surface area contributed by atoms with Crippen LogP contribution in [0.5, 0.6) is 5.75 Å². The summed E-state index contributed by atoms with van der Waals surface area (Å²) in [4.78, 5) is 10.6. The van der Waals surface area contributed by atoms with Gasteiger partial charge in [0.1, 0.15) is 19.1 Å². The lowest BCUT2D eigenvalue weighted by atomic mass is 10.2. The van der Waals surface area contributed by atoms with Gasteiger partial charge >= 0.3 is 5.97 Å². The fourth-order valence-corrected chi connectivity index (χ4v) is 1.02. The zero-order valence-corrected chi connectivity index (χ0v) is 8.95. The number of hydrogen-bond donors (Lipinski definition) is 1. The topological polar surface area (TPSA) is 47.6 Å². The number of carbonyl (C=O) groups excluding carboxylic acids is 1. The van der Waals surface area contributed by atoms with E-state index in [1.165, 1.54) is 6.92 Å². The van der Waals surface area contributed by atoms with Gasteiger partial charge in [-0.3, -0.25) is 10.1 Å². The average Bonchev–Trinajstić information content (AvgIpc) is 2.25. The number of esters is 1. The summed E-state index contributed by atoms with van der Waals surface area (Å²) in [5.41, 5.74) is 0.946. The van der Waals surface area contributed by atoms with Crippen molar-refractivity contribution < 1.29 is 14.3 Å². The van der Waals surface area contributed by atoms with Crippen molar-refractivity contribution in [3.63, 3.8) is 0 Å². The molecule has 0 amide bonds. The van der Waals surface area contributed by atoms with Crippen LogP contribution in [0.1, 0.15) is 12.5 Å². The minimum atomic E-state index is -0.273. The molecule has 0 aliphatic carbocycles. The van der Waals surface area contributed by atoms with Crippen molar-refractivity contribution in [2.24, 2.45) is 0 Å². The zero-order chi connectivity index (χ0) is 11.1. The van der Waals surface area contributed by atoms with E-state index in [2.05, 4.69) is 5.32 Å². The molecule has 0 saturated heterocycles. The Hall–Kier alpha value is -1.55. The van der Waals surface area contributed by atoms with Crippen LogP contribution in [0.25, 0.3) is 0 Å². The number of hydrogen-bond acceptors (Lipinski definition) is 4. The van der Waals surface area contributed by atoms with Crippen LogP contribution in [0, 0.1) is 0 Å². The number of rotatable bonds is 5. The van der Waals surface area contributed by atoms with E-state index in [-0.39, 0.29) is 5.97 Å². The summed E-state index contributed by atoms with van der Waals surface area (Å²) in [6.07, 6.45) is 0. The Bertz CT molecular complexity index is 308. The van der Waals surface area contributed by atoms with Gasteiger partial charge in [-0.2, -0.15) is 0 Å². The van der Waals surface area contributed by atoms with Crippen molar-refractivity contribution in [3.8, 4) is 5.75 Å². The lowest BCUT2D eigenvalue weighted by molar-refractivity contribution is -0.142. The van der Waals surface area contributed by atoms with E-state index in [1.807, 2.05) is 31.3 Å². The molecule has 1 aromatic rings. The van der Waals surface area contributed by atoms with Gasteiger partial charge < -0.3 is 9.47 Å². The highest BCUT2D eigenvalue weighted by Gasteiger charge is 1.97. The average molecular weight is 209 g/mol. The molecule has 15 heavy (non-hydrogen) atoms. The normalized spacial score (nSPS) is 9.73. The Balaban J connectivity index is 2.45. The zero-order valence-electron chi connectivity index (χ0n) is 8.95. The van der Waals surface area contributed by atoms with E-state index in [0.717, 1.165) is 11.3 Å². The molecule has 0 aliphatic rings. The van der Waals surface area contributed by atoms with Gasteiger partial charge in [0.15, 0.2) is 0 Å². The highest BCUT2D eigenvalue weighted by atomic mass is 16.5. The minimum Gasteiger partial charge on any atom is -0.478 e. The van der Waals surface area contributed by atoms with Crippen LogP contribution in [0.15, 0.2) is 24.3 Å². The van der Waals surface area contributed by atoms with E-state index in [1.54, 1.807) is 0 Å². The molecule has 0 radical (unpaired) electrons. The Labute approximate surface area is 89.2 Å². The second-order valence-corrected chi connectivity index (χ2v) is 3.07. The molecular weight excluding hydrogens is 194 g/mol. The molecular formula is C11H15NO3. The molecule has 82 valence electrons. The Morgan fingerprint density at radius 2 is 2.00 bits per heavy atom. The third-order valence-electron chi connectivity index (χ3n) is 1.75. The SMILES string of the molecule is CNCOc1ccc(COC(C)=O)cc1. The largest absolute Gasteiger partial charge is 0.478 e. The van der Waals surface area contributed by atoms with Crippen LogP contribution in [0.4, 0.5) is 0 Å². The molecule has 0 fully saturated rings. The maximum atomic E-state index is 10.6. The second-order valence-electron chi connectivity index (χ2n) is 3.07. The molecule has 0 saturated carbocycles. The van der Waals surface area contributed by atoms with Gasteiger partial charge in [-0.1, -0.05) is 12.1 Å². The van der Waals surface area contributed by atoms with Gasteiger partial charge in [0.05, 0.1) is 0 Å². The standard InChI is InChI=1S/C11H15NO3/c1-9(13)14-7-10-3-5-11(6-4-10)15-8-12-2/h3-6,12H,7-8H2,1-2H3. The van der Waals surface area contributed by atoms with Gasteiger partial charge in [0, 0.05) is 6.92 Å². The van der Waals surface area contributed by atoms with Crippen LogP contribution in [-0.2, 0) is 16.1 Å². The molecule has 0 spiro atoms. The van der Waals surface area contributed by atoms with Crippen LogP contribution in [-0.4, -0.2) is 19.7 Å². The molecule has 0 bridgehead atoms. The summed E-state index contributed by atoms with van der Waals surface area (Å²) >= 11 is 0. The smallest absolute Gasteiger partial charge is 0.302 e. The van der Waals surface area contributed by atoms with Crippen molar-refractivity contribution in [1.82, 2.24) is 5.32 Å². The van der Waals surface area contributed by atoms with Gasteiger partial charge in [-0.15, -0.1) is 0 Å². The lowest BCUT2D eigenvalue weighted by Crippen LogP contribution is -2.14. The monoisotopic (exact) mass is 209 g/mol. The van der Waals surface area contributed by atoms with Crippen molar-refractivity contribution >= 4 is 5.97 Å². The molecule has 0 aromatic heterocycles. The highest BCUT2D eigenvalue weighted by Crippen LogP contribution is 2.12. The third kappa shape index (κ3) is 4.46. The maximum absolute atomic E-state index is 10.6. The lowest BCUT2D eigenvalue weighted by Gasteiger charge is -2.06. The molecule has 0 unspecified atom stereocenters.